The van der Waals surface area contributed by atoms with Gasteiger partial charge in [-0.1, -0.05) is 0 Å². The molecule has 0 bridgehead atoms. The Morgan fingerprint density at radius 1 is 1.30 bits per heavy atom. The van der Waals surface area contributed by atoms with Crippen LogP contribution in [0.15, 0.2) is 18.2 Å². The first-order chi connectivity index (χ1) is 11.1. The lowest BCUT2D eigenvalue weighted by atomic mass is 10.1. The number of carbonyl (C=O) groups excluding carboxylic acids is 1. The van der Waals surface area contributed by atoms with Crippen LogP contribution in [0.3, 0.4) is 0 Å². The van der Waals surface area contributed by atoms with Gasteiger partial charge >= 0.3 is 6.03 Å². The molecule has 0 aliphatic carbocycles. The van der Waals surface area contributed by atoms with Crippen LogP contribution >= 0.6 is 0 Å². The van der Waals surface area contributed by atoms with Gasteiger partial charge < -0.3 is 15.0 Å². The number of morpholine rings is 1. The maximum atomic E-state index is 13.5. The monoisotopic (exact) mass is 325 g/mol. The van der Waals surface area contributed by atoms with Crippen molar-refractivity contribution in [2.24, 2.45) is 0 Å². The molecule has 23 heavy (non-hydrogen) atoms. The van der Waals surface area contributed by atoms with E-state index in [1.165, 1.54) is 6.07 Å². The number of ether oxygens (including phenoxy) is 1. The quantitative estimate of drug-likeness (QED) is 0.909. The first-order valence-electron chi connectivity index (χ1n) is 7.92. The number of fused-ring (bicyclic) bond motifs is 1. The van der Waals surface area contributed by atoms with Crippen molar-refractivity contribution in [2.45, 2.75) is 12.5 Å². The van der Waals surface area contributed by atoms with Gasteiger partial charge in [0.25, 0.3) is 0 Å². The van der Waals surface area contributed by atoms with Crippen LogP contribution in [0.1, 0.15) is 5.56 Å². The summed E-state index contributed by atoms with van der Waals surface area (Å²) in [6, 6.07) is 3.45. The highest BCUT2D eigenvalue weighted by atomic mass is 19.1. The second-order valence-electron chi connectivity index (χ2n) is 5.93. The molecule has 2 aliphatic heterocycles. The Balaban J connectivity index is 1.47. The van der Waals surface area contributed by atoms with Crippen LogP contribution in [-0.4, -0.2) is 67.8 Å². The van der Waals surface area contributed by atoms with Crippen molar-refractivity contribution < 1.29 is 18.3 Å². The Morgan fingerprint density at radius 2 is 2.17 bits per heavy atom. The van der Waals surface area contributed by atoms with Gasteiger partial charge in [0.1, 0.15) is 11.6 Å². The summed E-state index contributed by atoms with van der Waals surface area (Å²) in [5.41, 5.74) is 0.274. The number of hydrogen-bond acceptors (Lipinski definition) is 3. The predicted molar refractivity (Wildman–Crippen MR) is 81.2 cm³/mol. The fourth-order valence-corrected chi connectivity index (χ4v) is 3.08. The van der Waals surface area contributed by atoms with Crippen LogP contribution in [0.4, 0.5) is 13.6 Å². The van der Waals surface area contributed by atoms with Crippen LogP contribution < -0.4 is 5.32 Å². The predicted octanol–water partition coefficient (Wildman–Crippen LogP) is 1.23. The van der Waals surface area contributed by atoms with E-state index in [4.69, 9.17) is 4.74 Å². The Labute approximate surface area is 134 Å². The summed E-state index contributed by atoms with van der Waals surface area (Å²) in [7, 11) is 0. The number of piperazine rings is 1. The summed E-state index contributed by atoms with van der Waals surface area (Å²) < 4.78 is 32.1. The molecule has 0 spiro atoms. The fraction of sp³-hybridized carbons (Fsp3) is 0.562. The van der Waals surface area contributed by atoms with Crippen LogP contribution in [-0.2, 0) is 11.2 Å². The number of nitrogens with zero attached hydrogens (tertiary/aromatic N) is 2. The molecular weight excluding hydrogens is 304 g/mol. The van der Waals surface area contributed by atoms with E-state index in [1.54, 1.807) is 4.90 Å². The average molecular weight is 325 g/mol. The van der Waals surface area contributed by atoms with Crippen molar-refractivity contribution in [2.75, 3.05) is 45.9 Å². The Bertz CT molecular complexity index is 570. The molecule has 3 rings (SSSR count). The van der Waals surface area contributed by atoms with Crippen LogP contribution in [0.25, 0.3) is 0 Å². The molecular formula is C16H21F2N3O2. The number of nitrogens with one attached hydrogen (secondary N) is 1. The number of amides is 2. The zero-order chi connectivity index (χ0) is 16.2. The molecule has 0 radical (unpaired) electrons. The molecule has 0 aromatic heterocycles. The minimum Gasteiger partial charge on any atom is -0.378 e. The number of halogens is 2. The number of benzene rings is 1. The van der Waals surface area contributed by atoms with E-state index in [-0.39, 0.29) is 30.6 Å². The third kappa shape index (κ3) is 3.97. The molecule has 1 N–H and O–H groups in total. The van der Waals surface area contributed by atoms with E-state index in [1.807, 2.05) is 0 Å². The van der Waals surface area contributed by atoms with E-state index in [2.05, 4.69) is 10.2 Å². The normalized spacial score (nSPS) is 21.8. The summed E-state index contributed by atoms with van der Waals surface area (Å²) in [5, 5.41) is 2.78. The Morgan fingerprint density at radius 3 is 3.04 bits per heavy atom. The molecule has 2 heterocycles. The van der Waals surface area contributed by atoms with E-state index in [0.29, 0.717) is 19.7 Å². The second kappa shape index (κ2) is 7.23. The van der Waals surface area contributed by atoms with Gasteiger partial charge in [-0.15, -0.1) is 0 Å². The Hall–Kier alpha value is -1.73. The van der Waals surface area contributed by atoms with Gasteiger partial charge in [-0.25, -0.2) is 13.6 Å². The van der Waals surface area contributed by atoms with Crippen LogP contribution in [0, 0.1) is 11.6 Å². The summed E-state index contributed by atoms with van der Waals surface area (Å²) >= 11 is 0. The smallest absolute Gasteiger partial charge is 0.317 e. The standard InChI is InChI=1S/C16H21F2N3O2/c17-13-1-2-15(18)12(9-13)3-4-19-16(22)21-6-5-20-7-8-23-11-14(20)10-21/h1-2,9,14H,3-8,10-11H2,(H,19,22)/t14-/m0/s1. The van der Waals surface area contributed by atoms with E-state index < -0.39 is 11.6 Å². The van der Waals surface area contributed by atoms with Crippen LogP contribution in [0.2, 0.25) is 0 Å². The molecule has 1 atom stereocenters. The number of rotatable bonds is 3. The van der Waals surface area contributed by atoms with Gasteiger partial charge in [-0.2, -0.15) is 0 Å². The van der Waals surface area contributed by atoms with Crippen molar-refractivity contribution >= 4 is 6.03 Å². The zero-order valence-electron chi connectivity index (χ0n) is 12.9. The summed E-state index contributed by atoms with van der Waals surface area (Å²) in [5.74, 6) is -0.922. The molecule has 0 saturated carbocycles. The van der Waals surface area contributed by atoms with Crippen LogP contribution in [0.5, 0.6) is 0 Å². The van der Waals surface area contributed by atoms with Gasteiger partial charge in [0.05, 0.1) is 19.3 Å². The zero-order valence-corrected chi connectivity index (χ0v) is 12.9. The summed E-state index contributed by atoms with van der Waals surface area (Å²) in [6.45, 7) is 4.76. The highest BCUT2D eigenvalue weighted by molar-refractivity contribution is 5.74. The third-order valence-electron chi connectivity index (χ3n) is 4.40. The minimum absolute atomic E-state index is 0.160. The Kier molecular flexibility index (Phi) is 5.07. The number of carbonyl (C=O) groups is 1. The molecule has 1 aromatic rings. The van der Waals surface area contributed by atoms with Crippen molar-refractivity contribution in [3.8, 4) is 0 Å². The van der Waals surface area contributed by atoms with Gasteiger partial charge in [0.15, 0.2) is 0 Å². The molecule has 7 heteroatoms. The first kappa shape index (κ1) is 16.1. The highest BCUT2D eigenvalue weighted by Crippen LogP contribution is 2.14. The lowest BCUT2D eigenvalue weighted by molar-refractivity contribution is -0.0364. The molecule has 0 unspecified atom stereocenters. The number of urea groups is 1. The second-order valence-corrected chi connectivity index (χ2v) is 5.93. The molecule has 1 aromatic carbocycles. The van der Waals surface area contributed by atoms with E-state index in [0.717, 1.165) is 31.8 Å². The van der Waals surface area contributed by atoms with E-state index in [9.17, 15) is 13.6 Å². The minimum atomic E-state index is -0.471. The van der Waals surface area contributed by atoms with Gasteiger partial charge in [0, 0.05) is 32.7 Å². The number of hydrogen-bond donors (Lipinski definition) is 1. The molecule has 2 fully saturated rings. The highest BCUT2D eigenvalue weighted by Gasteiger charge is 2.31. The molecule has 5 nitrogen and oxygen atoms in total. The summed E-state index contributed by atoms with van der Waals surface area (Å²) in [6.07, 6.45) is 0.266. The largest absolute Gasteiger partial charge is 0.378 e. The summed E-state index contributed by atoms with van der Waals surface area (Å²) in [4.78, 5) is 16.3. The third-order valence-corrected chi connectivity index (χ3v) is 4.40. The first-order valence-corrected chi connectivity index (χ1v) is 7.92. The maximum absolute atomic E-state index is 13.5. The topological polar surface area (TPSA) is 44.8 Å². The van der Waals surface area contributed by atoms with Crippen molar-refractivity contribution in [1.82, 2.24) is 15.1 Å². The SMILES string of the molecule is O=C(NCCc1cc(F)ccc1F)N1CCN2CCOC[C@@H]2C1. The molecule has 2 saturated heterocycles. The van der Waals surface area contributed by atoms with E-state index >= 15 is 0 Å². The van der Waals surface area contributed by atoms with Gasteiger partial charge in [-0.3, -0.25) is 4.90 Å². The van der Waals surface area contributed by atoms with Crippen molar-refractivity contribution in [3.63, 3.8) is 0 Å². The van der Waals surface area contributed by atoms with Gasteiger partial charge in [-0.05, 0) is 30.2 Å². The lowest BCUT2D eigenvalue weighted by Crippen LogP contribution is -2.60. The molecule has 2 aliphatic rings. The van der Waals surface area contributed by atoms with Gasteiger partial charge in [0.2, 0.25) is 0 Å². The lowest BCUT2D eigenvalue weighted by Gasteiger charge is -2.43. The average Bonchev–Trinajstić information content (AvgIpc) is 2.57. The molecule has 126 valence electrons. The molecule has 2 amide bonds. The van der Waals surface area contributed by atoms with Crippen molar-refractivity contribution in [3.05, 3.63) is 35.4 Å². The van der Waals surface area contributed by atoms with Crippen molar-refractivity contribution in [1.29, 1.82) is 0 Å². The maximum Gasteiger partial charge on any atom is 0.317 e. The fourth-order valence-electron chi connectivity index (χ4n) is 3.08.